The molecule has 1 heterocycles. The lowest BCUT2D eigenvalue weighted by atomic mass is 9.98. The van der Waals surface area contributed by atoms with E-state index in [0.717, 1.165) is 82.8 Å². The molecule has 1 aromatic heterocycles. The van der Waals surface area contributed by atoms with E-state index < -0.39 is 0 Å². The minimum absolute atomic E-state index is 0.395. The van der Waals surface area contributed by atoms with Crippen LogP contribution in [0.25, 0.3) is 65.7 Å². The molecule has 0 fully saturated rings. The summed E-state index contributed by atoms with van der Waals surface area (Å²) in [5, 5.41) is 17.6. The number of hydrogen-bond donors (Lipinski definition) is 3. The molecule has 3 N–H and O–H groups in total. The smallest absolute Gasteiger partial charge is 0.233 e. The van der Waals surface area contributed by atoms with Crippen LogP contribution < -0.4 is 16.0 Å². The van der Waals surface area contributed by atoms with E-state index in [2.05, 4.69) is 198 Å². The number of rotatable bonds is 9. The van der Waals surface area contributed by atoms with Gasteiger partial charge in [-0.2, -0.15) is 15.0 Å². The molecule has 0 aliphatic heterocycles. The van der Waals surface area contributed by atoms with Crippen molar-refractivity contribution in [2.75, 3.05) is 16.0 Å². The van der Waals surface area contributed by atoms with Gasteiger partial charge in [0.05, 0.1) is 17.1 Å². The van der Waals surface area contributed by atoms with Crippen molar-refractivity contribution < 1.29 is 0 Å². The van der Waals surface area contributed by atoms with Gasteiger partial charge >= 0.3 is 0 Å². The average molecular weight is 733 g/mol. The lowest BCUT2D eigenvalue weighted by Crippen LogP contribution is -2.09. The van der Waals surface area contributed by atoms with Crippen molar-refractivity contribution in [1.82, 2.24) is 15.0 Å². The topological polar surface area (TPSA) is 74.8 Å². The van der Waals surface area contributed by atoms with Crippen LogP contribution in [-0.4, -0.2) is 15.0 Å². The van der Waals surface area contributed by atoms with Gasteiger partial charge in [0, 0.05) is 32.8 Å². The van der Waals surface area contributed by atoms with Crippen LogP contribution in [0.15, 0.2) is 200 Å². The Bertz CT molecular complexity index is 2700. The average Bonchev–Trinajstić information content (AvgIpc) is 3.27. The first-order valence-electron chi connectivity index (χ1n) is 19.0. The van der Waals surface area contributed by atoms with Gasteiger partial charge in [0.15, 0.2) is 0 Å². The maximum Gasteiger partial charge on any atom is 0.233 e. The van der Waals surface area contributed by atoms with Crippen LogP contribution in [0.3, 0.4) is 0 Å². The summed E-state index contributed by atoms with van der Waals surface area (Å²) in [5.74, 6) is 1.18. The standard InChI is InChI=1S/C51H36N6/c1-4-16-34(17-5-1)43-31-28-37-22-10-13-25-40(37)46(43)52-49-55-50(53-47-41-26-14-11-23-38(41)29-32-44(47)35-18-6-2-7-19-35)57-51(56-49)54-48-42-27-15-12-24-39(42)30-33-45(48)36-20-8-3-9-21-36/h1-33H,(H3,52,53,54,55,56,57). The summed E-state index contributed by atoms with van der Waals surface area (Å²) in [4.78, 5) is 15.3. The molecule has 0 radical (unpaired) electrons. The lowest BCUT2D eigenvalue weighted by molar-refractivity contribution is 1.07. The minimum Gasteiger partial charge on any atom is -0.323 e. The summed E-state index contributed by atoms with van der Waals surface area (Å²) in [5.41, 5.74) is 9.11. The van der Waals surface area contributed by atoms with Crippen molar-refractivity contribution in [1.29, 1.82) is 0 Å². The van der Waals surface area contributed by atoms with Gasteiger partial charge in [-0.1, -0.05) is 200 Å². The molecule has 0 aliphatic carbocycles. The van der Waals surface area contributed by atoms with Gasteiger partial charge in [-0.15, -0.1) is 0 Å². The molecule has 0 amide bonds. The third kappa shape index (κ3) is 6.66. The van der Waals surface area contributed by atoms with Crippen LogP contribution >= 0.6 is 0 Å². The van der Waals surface area contributed by atoms with Gasteiger partial charge in [0.25, 0.3) is 0 Å². The van der Waals surface area contributed by atoms with Gasteiger partial charge in [-0.25, -0.2) is 0 Å². The van der Waals surface area contributed by atoms with Crippen molar-refractivity contribution in [3.63, 3.8) is 0 Å². The number of fused-ring (bicyclic) bond motifs is 3. The fourth-order valence-electron chi connectivity index (χ4n) is 7.67. The largest absolute Gasteiger partial charge is 0.323 e. The predicted molar refractivity (Wildman–Crippen MR) is 238 cm³/mol. The first-order valence-corrected chi connectivity index (χ1v) is 19.0. The molecule has 0 unspecified atom stereocenters. The number of anilines is 6. The highest BCUT2D eigenvalue weighted by Crippen LogP contribution is 2.40. The molecule has 0 atom stereocenters. The van der Waals surface area contributed by atoms with Crippen molar-refractivity contribution in [2.24, 2.45) is 0 Å². The Balaban J connectivity index is 1.17. The Hall–Kier alpha value is -7.83. The van der Waals surface area contributed by atoms with Gasteiger partial charge in [0.2, 0.25) is 17.8 Å². The molecule has 9 aromatic carbocycles. The summed E-state index contributed by atoms with van der Waals surface area (Å²) < 4.78 is 0. The highest BCUT2D eigenvalue weighted by atomic mass is 15.3. The predicted octanol–water partition coefficient (Wildman–Crippen LogP) is 13.6. The third-order valence-electron chi connectivity index (χ3n) is 10.4. The summed E-state index contributed by atoms with van der Waals surface area (Å²) in [6, 6.07) is 69.3. The zero-order valence-corrected chi connectivity index (χ0v) is 30.9. The summed E-state index contributed by atoms with van der Waals surface area (Å²) >= 11 is 0. The molecule has 6 nitrogen and oxygen atoms in total. The van der Waals surface area contributed by atoms with E-state index in [4.69, 9.17) is 15.0 Å². The van der Waals surface area contributed by atoms with Crippen LogP contribution in [0.1, 0.15) is 0 Å². The fourth-order valence-corrected chi connectivity index (χ4v) is 7.67. The minimum atomic E-state index is 0.395. The Labute approximate surface area is 330 Å². The zero-order chi connectivity index (χ0) is 38.0. The Morgan fingerprint density at radius 2 is 0.509 bits per heavy atom. The third-order valence-corrected chi connectivity index (χ3v) is 10.4. The monoisotopic (exact) mass is 732 g/mol. The first kappa shape index (κ1) is 33.7. The van der Waals surface area contributed by atoms with E-state index in [0.29, 0.717) is 17.8 Å². The number of benzene rings is 9. The zero-order valence-electron chi connectivity index (χ0n) is 30.9. The number of hydrogen-bond acceptors (Lipinski definition) is 6. The number of nitrogens with one attached hydrogen (secondary N) is 3. The Morgan fingerprint density at radius 1 is 0.246 bits per heavy atom. The second-order valence-electron chi connectivity index (χ2n) is 13.9. The van der Waals surface area contributed by atoms with E-state index in [1.165, 1.54) is 0 Å². The Morgan fingerprint density at radius 3 is 0.807 bits per heavy atom. The van der Waals surface area contributed by atoms with Crippen LogP contribution in [0.5, 0.6) is 0 Å². The van der Waals surface area contributed by atoms with Crippen LogP contribution in [0.2, 0.25) is 0 Å². The van der Waals surface area contributed by atoms with E-state index in [1.807, 2.05) is 18.2 Å². The van der Waals surface area contributed by atoms with E-state index >= 15 is 0 Å². The summed E-state index contributed by atoms with van der Waals surface area (Å²) in [6.45, 7) is 0. The molecule has 270 valence electrons. The van der Waals surface area contributed by atoms with E-state index in [1.54, 1.807) is 0 Å². The highest BCUT2D eigenvalue weighted by molar-refractivity contribution is 6.05. The van der Waals surface area contributed by atoms with Gasteiger partial charge in [-0.3, -0.25) is 0 Å². The molecular formula is C51H36N6. The molecule has 0 saturated carbocycles. The number of nitrogens with zero attached hydrogens (tertiary/aromatic N) is 3. The molecule has 57 heavy (non-hydrogen) atoms. The van der Waals surface area contributed by atoms with E-state index in [9.17, 15) is 0 Å². The van der Waals surface area contributed by atoms with Crippen LogP contribution in [-0.2, 0) is 0 Å². The van der Waals surface area contributed by atoms with Crippen LogP contribution in [0.4, 0.5) is 34.9 Å². The highest BCUT2D eigenvalue weighted by Gasteiger charge is 2.18. The van der Waals surface area contributed by atoms with Crippen molar-refractivity contribution in [3.05, 3.63) is 200 Å². The molecule has 0 saturated heterocycles. The quantitative estimate of drug-likeness (QED) is 0.137. The molecule has 6 heteroatoms. The maximum atomic E-state index is 5.11. The molecule has 10 aromatic rings. The fraction of sp³-hybridized carbons (Fsp3) is 0. The Kier molecular flexibility index (Phi) is 8.74. The summed E-state index contributed by atoms with van der Waals surface area (Å²) in [7, 11) is 0. The normalized spacial score (nSPS) is 11.2. The van der Waals surface area contributed by atoms with Crippen molar-refractivity contribution in [2.45, 2.75) is 0 Å². The SMILES string of the molecule is c1ccc(-c2ccc3ccccc3c2Nc2nc(Nc3c(-c4ccccc4)ccc4ccccc34)nc(Nc3c(-c4ccccc4)ccc4ccccc34)n2)cc1. The first-order chi connectivity index (χ1) is 28.2. The molecule has 0 bridgehead atoms. The van der Waals surface area contributed by atoms with Gasteiger partial charge in [0.1, 0.15) is 0 Å². The summed E-state index contributed by atoms with van der Waals surface area (Å²) in [6.07, 6.45) is 0. The molecule has 0 spiro atoms. The second kappa shape index (κ2) is 14.8. The van der Waals surface area contributed by atoms with Crippen LogP contribution in [0, 0.1) is 0 Å². The second-order valence-corrected chi connectivity index (χ2v) is 13.9. The number of aromatic nitrogens is 3. The molecule has 10 rings (SSSR count). The van der Waals surface area contributed by atoms with Gasteiger partial charge < -0.3 is 16.0 Å². The van der Waals surface area contributed by atoms with Gasteiger partial charge in [-0.05, 0) is 32.8 Å². The maximum absolute atomic E-state index is 5.11. The van der Waals surface area contributed by atoms with Crippen molar-refractivity contribution >= 4 is 67.2 Å². The lowest BCUT2D eigenvalue weighted by Gasteiger charge is -2.19. The molecule has 0 aliphatic rings. The van der Waals surface area contributed by atoms with E-state index in [-0.39, 0.29) is 0 Å². The molecular weight excluding hydrogens is 697 g/mol. The van der Waals surface area contributed by atoms with Crippen molar-refractivity contribution in [3.8, 4) is 33.4 Å².